The first-order valence-corrected chi connectivity index (χ1v) is 6.05. The van der Waals surface area contributed by atoms with Crippen LogP contribution in [0.4, 0.5) is 0 Å². The van der Waals surface area contributed by atoms with E-state index in [0.717, 1.165) is 25.9 Å². The third-order valence-corrected chi connectivity index (χ3v) is 2.99. The number of hydrogen-bond acceptors (Lipinski definition) is 1. The predicted molar refractivity (Wildman–Crippen MR) is 70.3 cm³/mol. The third-order valence-electron chi connectivity index (χ3n) is 2.99. The zero-order chi connectivity index (χ0) is 11.8. The molecule has 0 radical (unpaired) electrons. The maximum Gasteiger partial charge on any atom is 0.0714 e. The van der Waals surface area contributed by atoms with Crippen molar-refractivity contribution in [2.75, 3.05) is 13.1 Å². The van der Waals surface area contributed by atoms with Crippen LogP contribution in [0.1, 0.15) is 25.8 Å². The molecule has 0 heterocycles. The molecule has 0 saturated carbocycles. The van der Waals surface area contributed by atoms with Gasteiger partial charge >= 0.3 is 0 Å². The quantitative estimate of drug-likeness (QED) is 0.659. The van der Waals surface area contributed by atoms with Crippen LogP contribution in [0.15, 0.2) is 30.3 Å². The standard InChI is InChI=1S/C15H21N/c1-4-15(16(5-2)6-3)13-12-14-10-8-7-9-11-14/h1,7-11,15H,5-6,12-13H2,2-3H3. The van der Waals surface area contributed by atoms with Crippen LogP contribution in [0.2, 0.25) is 0 Å². The minimum Gasteiger partial charge on any atom is -0.290 e. The van der Waals surface area contributed by atoms with E-state index in [4.69, 9.17) is 6.42 Å². The van der Waals surface area contributed by atoms with Crippen molar-refractivity contribution in [1.82, 2.24) is 4.90 Å². The first-order chi connectivity index (χ1) is 7.81. The highest BCUT2D eigenvalue weighted by Crippen LogP contribution is 2.09. The third kappa shape index (κ3) is 3.72. The summed E-state index contributed by atoms with van der Waals surface area (Å²) in [5.74, 6) is 2.90. The molecule has 0 N–H and O–H groups in total. The molecule has 1 aromatic carbocycles. The van der Waals surface area contributed by atoms with Crippen molar-refractivity contribution in [1.29, 1.82) is 0 Å². The van der Waals surface area contributed by atoms with Gasteiger partial charge in [0.05, 0.1) is 6.04 Å². The van der Waals surface area contributed by atoms with Crippen LogP contribution >= 0.6 is 0 Å². The average molecular weight is 215 g/mol. The van der Waals surface area contributed by atoms with Gasteiger partial charge in [0.25, 0.3) is 0 Å². The highest BCUT2D eigenvalue weighted by atomic mass is 15.1. The summed E-state index contributed by atoms with van der Waals surface area (Å²) in [4.78, 5) is 2.34. The Labute approximate surface area is 99.5 Å². The van der Waals surface area contributed by atoms with Gasteiger partial charge in [-0.05, 0) is 31.5 Å². The molecule has 0 aliphatic carbocycles. The smallest absolute Gasteiger partial charge is 0.0714 e. The lowest BCUT2D eigenvalue weighted by Crippen LogP contribution is -2.34. The van der Waals surface area contributed by atoms with Crippen LogP contribution in [0.25, 0.3) is 0 Å². The predicted octanol–water partition coefficient (Wildman–Crippen LogP) is 2.96. The van der Waals surface area contributed by atoms with Crippen molar-refractivity contribution in [3.63, 3.8) is 0 Å². The fraction of sp³-hybridized carbons (Fsp3) is 0.467. The number of benzene rings is 1. The second kappa shape index (κ2) is 7.09. The first-order valence-electron chi connectivity index (χ1n) is 6.05. The zero-order valence-corrected chi connectivity index (χ0v) is 10.3. The summed E-state index contributed by atoms with van der Waals surface area (Å²) in [6, 6.07) is 10.8. The zero-order valence-electron chi connectivity index (χ0n) is 10.3. The van der Waals surface area contributed by atoms with Crippen LogP contribution in [0, 0.1) is 12.3 Å². The highest BCUT2D eigenvalue weighted by Gasteiger charge is 2.12. The van der Waals surface area contributed by atoms with Gasteiger partial charge in [0.2, 0.25) is 0 Å². The van der Waals surface area contributed by atoms with Crippen LogP contribution in [-0.4, -0.2) is 24.0 Å². The molecule has 86 valence electrons. The van der Waals surface area contributed by atoms with Gasteiger partial charge in [0.1, 0.15) is 0 Å². The Morgan fingerprint density at radius 1 is 1.19 bits per heavy atom. The van der Waals surface area contributed by atoms with Crippen LogP contribution < -0.4 is 0 Å². The molecule has 1 nitrogen and oxygen atoms in total. The lowest BCUT2D eigenvalue weighted by Gasteiger charge is -2.25. The van der Waals surface area contributed by atoms with Gasteiger partial charge in [-0.3, -0.25) is 4.90 Å². The second-order valence-corrected chi connectivity index (χ2v) is 3.93. The minimum absolute atomic E-state index is 0.273. The summed E-state index contributed by atoms with van der Waals surface area (Å²) in [6.07, 6.45) is 7.70. The molecular weight excluding hydrogens is 194 g/mol. The fourth-order valence-corrected chi connectivity index (χ4v) is 1.98. The van der Waals surface area contributed by atoms with E-state index in [1.807, 2.05) is 6.07 Å². The van der Waals surface area contributed by atoms with Gasteiger partial charge in [-0.1, -0.05) is 50.1 Å². The number of aryl methyl sites for hydroxylation is 1. The molecule has 0 aliphatic heterocycles. The van der Waals surface area contributed by atoms with Gasteiger partial charge in [0, 0.05) is 0 Å². The molecule has 16 heavy (non-hydrogen) atoms. The average Bonchev–Trinajstić information content (AvgIpc) is 2.35. The largest absolute Gasteiger partial charge is 0.290 e. The molecule has 0 spiro atoms. The maximum absolute atomic E-state index is 5.60. The summed E-state index contributed by atoms with van der Waals surface area (Å²) < 4.78 is 0. The van der Waals surface area contributed by atoms with Crippen LogP contribution in [0.5, 0.6) is 0 Å². The Balaban J connectivity index is 2.49. The molecule has 1 aromatic rings. The molecule has 1 rings (SSSR count). The van der Waals surface area contributed by atoms with E-state index in [2.05, 4.69) is 48.9 Å². The maximum atomic E-state index is 5.60. The lowest BCUT2D eigenvalue weighted by atomic mass is 10.0. The Hall–Kier alpha value is -1.26. The van der Waals surface area contributed by atoms with Crippen molar-refractivity contribution in [2.45, 2.75) is 32.7 Å². The Morgan fingerprint density at radius 3 is 2.31 bits per heavy atom. The van der Waals surface area contributed by atoms with Crippen LogP contribution in [0.3, 0.4) is 0 Å². The van der Waals surface area contributed by atoms with E-state index < -0.39 is 0 Å². The van der Waals surface area contributed by atoms with Crippen molar-refractivity contribution in [3.05, 3.63) is 35.9 Å². The molecule has 0 fully saturated rings. The Bertz CT molecular complexity index is 319. The van der Waals surface area contributed by atoms with Gasteiger partial charge in [0.15, 0.2) is 0 Å². The molecule has 0 bridgehead atoms. The van der Waals surface area contributed by atoms with E-state index in [0.29, 0.717) is 0 Å². The molecule has 0 aromatic heterocycles. The number of rotatable bonds is 6. The number of nitrogens with zero attached hydrogens (tertiary/aromatic N) is 1. The highest BCUT2D eigenvalue weighted by molar-refractivity contribution is 5.15. The van der Waals surface area contributed by atoms with E-state index >= 15 is 0 Å². The Morgan fingerprint density at radius 2 is 1.81 bits per heavy atom. The molecule has 0 amide bonds. The SMILES string of the molecule is C#CC(CCc1ccccc1)N(CC)CC. The van der Waals surface area contributed by atoms with Crippen LogP contribution in [-0.2, 0) is 6.42 Å². The molecule has 0 aliphatic rings. The van der Waals surface area contributed by atoms with E-state index in [9.17, 15) is 0 Å². The van der Waals surface area contributed by atoms with Crippen molar-refractivity contribution < 1.29 is 0 Å². The van der Waals surface area contributed by atoms with Crippen molar-refractivity contribution in [2.24, 2.45) is 0 Å². The van der Waals surface area contributed by atoms with E-state index in [1.54, 1.807) is 0 Å². The Kier molecular flexibility index (Phi) is 5.67. The lowest BCUT2D eigenvalue weighted by molar-refractivity contribution is 0.251. The van der Waals surface area contributed by atoms with Crippen molar-refractivity contribution >= 4 is 0 Å². The normalized spacial score (nSPS) is 12.4. The summed E-state index contributed by atoms with van der Waals surface area (Å²) in [5.41, 5.74) is 1.37. The number of terminal acetylenes is 1. The number of hydrogen-bond donors (Lipinski definition) is 0. The van der Waals surface area contributed by atoms with Gasteiger partial charge in [-0.25, -0.2) is 0 Å². The van der Waals surface area contributed by atoms with E-state index in [-0.39, 0.29) is 6.04 Å². The molecule has 1 heteroatoms. The fourth-order valence-electron chi connectivity index (χ4n) is 1.98. The molecule has 1 atom stereocenters. The minimum atomic E-state index is 0.273. The van der Waals surface area contributed by atoms with Gasteiger partial charge in [-0.2, -0.15) is 0 Å². The van der Waals surface area contributed by atoms with Gasteiger partial charge < -0.3 is 0 Å². The van der Waals surface area contributed by atoms with Gasteiger partial charge in [-0.15, -0.1) is 6.42 Å². The monoisotopic (exact) mass is 215 g/mol. The first kappa shape index (κ1) is 12.8. The summed E-state index contributed by atoms with van der Waals surface area (Å²) in [5, 5.41) is 0. The molecule has 0 saturated heterocycles. The van der Waals surface area contributed by atoms with E-state index in [1.165, 1.54) is 5.56 Å². The second-order valence-electron chi connectivity index (χ2n) is 3.93. The summed E-state index contributed by atoms with van der Waals surface area (Å²) in [6.45, 7) is 6.38. The van der Waals surface area contributed by atoms with Crippen molar-refractivity contribution in [3.8, 4) is 12.3 Å². The topological polar surface area (TPSA) is 3.24 Å². The summed E-state index contributed by atoms with van der Waals surface area (Å²) >= 11 is 0. The molecule has 1 unspecified atom stereocenters. The summed E-state index contributed by atoms with van der Waals surface area (Å²) in [7, 11) is 0. The molecular formula is C15H21N.